The Kier molecular flexibility index (Phi) is 4.37. The van der Waals surface area contributed by atoms with E-state index in [0.29, 0.717) is 0 Å². The second kappa shape index (κ2) is 6.01. The standard InChI is InChI=1S/C15H22N2O/c1-12(15(16)18)17-9-7-14(8-10-17)11-13-5-3-2-4-6-13/h2-6,12,14H,7-11H2,1H3,(H2,16,18)/t12-/m1/s1. The zero-order valence-electron chi connectivity index (χ0n) is 11.0. The van der Waals surface area contributed by atoms with Crippen molar-refractivity contribution in [2.24, 2.45) is 11.7 Å². The summed E-state index contributed by atoms with van der Waals surface area (Å²) in [5, 5.41) is 0. The minimum Gasteiger partial charge on any atom is -0.368 e. The lowest BCUT2D eigenvalue weighted by atomic mass is 9.89. The third kappa shape index (κ3) is 3.33. The quantitative estimate of drug-likeness (QED) is 0.880. The van der Waals surface area contributed by atoms with Crippen molar-refractivity contribution in [2.75, 3.05) is 13.1 Å². The SMILES string of the molecule is C[C@H](C(N)=O)N1CCC(Cc2ccccc2)CC1. The van der Waals surface area contributed by atoms with Gasteiger partial charge in [0.15, 0.2) is 0 Å². The third-order valence-electron chi connectivity index (χ3n) is 3.98. The lowest BCUT2D eigenvalue weighted by molar-refractivity contribution is -0.123. The first kappa shape index (κ1) is 13.1. The van der Waals surface area contributed by atoms with Crippen LogP contribution in [-0.4, -0.2) is 29.9 Å². The Bertz CT molecular complexity index is 383. The van der Waals surface area contributed by atoms with E-state index in [1.54, 1.807) is 0 Å². The summed E-state index contributed by atoms with van der Waals surface area (Å²) in [6.07, 6.45) is 3.47. The normalized spacial score (nSPS) is 19.6. The Balaban J connectivity index is 1.82. The summed E-state index contributed by atoms with van der Waals surface area (Å²) in [5.41, 5.74) is 6.76. The topological polar surface area (TPSA) is 46.3 Å². The molecule has 1 aliphatic rings. The first-order valence-corrected chi connectivity index (χ1v) is 6.74. The van der Waals surface area contributed by atoms with Crippen LogP contribution >= 0.6 is 0 Å². The van der Waals surface area contributed by atoms with Gasteiger partial charge in [-0.05, 0) is 50.8 Å². The van der Waals surface area contributed by atoms with E-state index in [1.807, 2.05) is 6.92 Å². The van der Waals surface area contributed by atoms with Gasteiger partial charge in [-0.1, -0.05) is 30.3 Å². The number of benzene rings is 1. The third-order valence-corrected chi connectivity index (χ3v) is 3.98. The predicted octanol–water partition coefficient (Wildman–Crippen LogP) is 1.81. The molecule has 1 saturated heterocycles. The molecule has 2 N–H and O–H groups in total. The molecule has 1 amide bonds. The second-order valence-corrected chi connectivity index (χ2v) is 5.25. The van der Waals surface area contributed by atoms with Gasteiger partial charge in [-0.2, -0.15) is 0 Å². The van der Waals surface area contributed by atoms with E-state index in [-0.39, 0.29) is 11.9 Å². The molecular weight excluding hydrogens is 224 g/mol. The van der Waals surface area contributed by atoms with Crippen molar-refractivity contribution in [3.63, 3.8) is 0 Å². The zero-order chi connectivity index (χ0) is 13.0. The van der Waals surface area contributed by atoms with Gasteiger partial charge >= 0.3 is 0 Å². The fourth-order valence-electron chi connectivity index (χ4n) is 2.67. The summed E-state index contributed by atoms with van der Waals surface area (Å²) in [7, 11) is 0. The van der Waals surface area contributed by atoms with Crippen LogP contribution in [0.25, 0.3) is 0 Å². The highest BCUT2D eigenvalue weighted by atomic mass is 16.1. The first-order chi connectivity index (χ1) is 8.66. The van der Waals surface area contributed by atoms with E-state index >= 15 is 0 Å². The summed E-state index contributed by atoms with van der Waals surface area (Å²) in [6.45, 7) is 3.88. The van der Waals surface area contributed by atoms with Crippen molar-refractivity contribution in [3.05, 3.63) is 35.9 Å². The number of carbonyl (C=O) groups excluding carboxylic acids is 1. The maximum atomic E-state index is 11.2. The van der Waals surface area contributed by atoms with Crippen LogP contribution in [0.5, 0.6) is 0 Å². The van der Waals surface area contributed by atoms with Gasteiger partial charge in [0.05, 0.1) is 6.04 Å². The van der Waals surface area contributed by atoms with Gasteiger partial charge in [-0.3, -0.25) is 9.69 Å². The molecule has 1 heterocycles. The Morgan fingerprint density at radius 3 is 2.50 bits per heavy atom. The molecule has 1 aliphatic heterocycles. The van der Waals surface area contributed by atoms with E-state index < -0.39 is 0 Å². The second-order valence-electron chi connectivity index (χ2n) is 5.25. The first-order valence-electron chi connectivity index (χ1n) is 6.74. The van der Waals surface area contributed by atoms with Crippen LogP contribution in [0.15, 0.2) is 30.3 Å². The van der Waals surface area contributed by atoms with Crippen molar-refractivity contribution < 1.29 is 4.79 Å². The number of nitrogens with zero attached hydrogens (tertiary/aromatic N) is 1. The molecule has 3 heteroatoms. The number of primary amides is 1. The molecule has 98 valence electrons. The number of hydrogen-bond donors (Lipinski definition) is 1. The van der Waals surface area contributed by atoms with Gasteiger partial charge in [0.2, 0.25) is 5.91 Å². The van der Waals surface area contributed by atoms with Crippen LogP contribution in [0.2, 0.25) is 0 Å². The molecule has 0 unspecified atom stereocenters. The molecule has 1 fully saturated rings. The van der Waals surface area contributed by atoms with Crippen molar-refractivity contribution in [3.8, 4) is 0 Å². The van der Waals surface area contributed by atoms with E-state index in [1.165, 1.54) is 5.56 Å². The van der Waals surface area contributed by atoms with E-state index in [0.717, 1.165) is 38.3 Å². The number of likely N-dealkylation sites (tertiary alicyclic amines) is 1. The number of nitrogens with two attached hydrogens (primary N) is 1. The molecule has 3 nitrogen and oxygen atoms in total. The average molecular weight is 246 g/mol. The summed E-state index contributed by atoms with van der Waals surface area (Å²) in [6, 6.07) is 10.5. The molecule has 0 aromatic heterocycles. The Morgan fingerprint density at radius 2 is 1.94 bits per heavy atom. The molecule has 0 bridgehead atoms. The van der Waals surface area contributed by atoms with Gasteiger partial charge in [-0.15, -0.1) is 0 Å². The van der Waals surface area contributed by atoms with Crippen LogP contribution in [0, 0.1) is 5.92 Å². The lowest BCUT2D eigenvalue weighted by Gasteiger charge is -2.34. The highest BCUT2D eigenvalue weighted by Crippen LogP contribution is 2.22. The van der Waals surface area contributed by atoms with Crippen LogP contribution in [0.4, 0.5) is 0 Å². The molecule has 0 aliphatic carbocycles. The fraction of sp³-hybridized carbons (Fsp3) is 0.533. The van der Waals surface area contributed by atoms with Crippen LogP contribution in [0.1, 0.15) is 25.3 Å². The van der Waals surface area contributed by atoms with Crippen LogP contribution < -0.4 is 5.73 Å². The monoisotopic (exact) mass is 246 g/mol. The van der Waals surface area contributed by atoms with Crippen molar-refractivity contribution >= 4 is 5.91 Å². The molecule has 0 spiro atoms. The van der Waals surface area contributed by atoms with Gasteiger partial charge in [0.1, 0.15) is 0 Å². The predicted molar refractivity (Wildman–Crippen MR) is 73.1 cm³/mol. The average Bonchev–Trinajstić information content (AvgIpc) is 2.40. The molecule has 0 saturated carbocycles. The lowest BCUT2D eigenvalue weighted by Crippen LogP contribution is -2.46. The maximum Gasteiger partial charge on any atom is 0.234 e. The van der Waals surface area contributed by atoms with Gasteiger partial charge in [0.25, 0.3) is 0 Å². The molecule has 0 radical (unpaired) electrons. The smallest absolute Gasteiger partial charge is 0.234 e. The molecule has 2 rings (SSSR count). The summed E-state index contributed by atoms with van der Waals surface area (Å²) >= 11 is 0. The molecule has 18 heavy (non-hydrogen) atoms. The van der Waals surface area contributed by atoms with Gasteiger partial charge in [-0.25, -0.2) is 0 Å². The Hall–Kier alpha value is -1.35. The highest BCUT2D eigenvalue weighted by Gasteiger charge is 2.25. The fourth-order valence-corrected chi connectivity index (χ4v) is 2.67. The minimum atomic E-state index is -0.212. The molecular formula is C15H22N2O. The number of piperidine rings is 1. The van der Waals surface area contributed by atoms with Gasteiger partial charge < -0.3 is 5.73 Å². The van der Waals surface area contributed by atoms with E-state index in [4.69, 9.17) is 5.73 Å². The molecule has 1 aromatic rings. The zero-order valence-corrected chi connectivity index (χ0v) is 11.0. The van der Waals surface area contributed by atoms with Crippen LogP contribution in [-0.2, 0) is 11.2 Å². The highest BCUT2D eigenvalue weighted by molar-refractivity contribution is 5.79. The number of amides is 1. The van der Waals surface area contributed by atoms with Crippen molar-refractivity contribution in [2.45, 2.75) is 32.2 Å². The molecule has 1 aromatic carbocycles. The Morgan fingerprint density at radius 1 is 1.33 bits per heavy atom. The van der Waals surface area contributed by atoms with Crippen molar-refractivity contribution in [1.29, 1.82) is 0 Å². The molecule has 1 atom stereocenters. The Labute approximate surface area is 109 Å². The largest absolute Gasteiger partial charge is 0.368 e. The summed E-state index contributed by atoms with van der Waals surface area (Å²) in [4.78, 5) is 13.3. The number of carbonyl (C=O) groups is 1. The number of hydrogen-bond acceptors (Lipinski definition) is 2. The maximum absolute atomic E-state index is 11.2. The van der Waals surface area contributed by atoms with Crippen LogP contribution in [0.3, 0.4) is 0 Å². The summed E-state index contributed by atoms with van der Waals surface area (Å²) < 4.78 is 0. The summed E-state index contributed by atoms with van der Waals surface area (Å²) in [5.74, 6) is 0.528. The van der Waals surface area contributed by atoms with E-state index in [9.17, 15) is 4.79 Å². The van der Waals surface area contributed by atoms with Gasteiger partial charge in [0, 0.05) is 0 Å². The minimum absolute atomic E-state index is 0.123. The van der Waals surface area contributed by atoms with E-state index in [2.05, 4.69) is 35.2 Å². The van der Waals surface area contributed by atoms with Crippen molar-refractivity contribution in [1.82, 2.24) is 4.90 Å². The number of rotatable bonds is 4.